The van der Waals surface area contributed by atoms with Gasteiger partial charge in [-0.05, 0) is 79.0 Å². The van der Waals surface area contributed by atoms with E-state index in [9.17, 15) is 39.5 Å². The van der Waals surface area contributed by atoms with Crippen LogP contribution in [0.4, 0.5) is 39.5 Å². The summed E-state index contributed by atoms with van der Waals surface area (Å²) in [5.41, 5.74) is 0.150. The fourth-order valence-electron chi connectivity index (χ4n) is 5.01. The standard InChI is InChI=1S/C30H27F9O3/c1-2-3-18-6-11-23(28(34)27(18)33)17-4-8-20(9-5-17)40-16-29(35,36)41-21-10-12-22(24(31)15-21)19-7-13-26(25(32)14-19)42-30(37,38)39/h6-7,10-15,17,20H,2-5,8-9,16H2,1H3. The zero-order chi connectivity index (χ0) is 30.7. The van der Waals surface area contributed by atoms with E-state index in [1.807, 2.05) is 6.92 Å². The van der Waals surface area contributed by atoms with Gasteiger partial charge < -0.3 is 14.2 Å². The maximum absolute atomic E-state index is 14.6. The van der Waals surface area contributed by atoms with Crippen molar-refractivity contribution in [2.45, 2.75) is 69.9 Å². The Kier molecular flexibility index (Phi) is 9.64. The van der Waals surface area contributed by atoms with Crippen LogP contribution in [0.5, 0.6) is 11.5 Å². The molecule has 42 heavy (non-hydrogen) atoms. The summed E-state index contributed by atoms with van der Waals surface area (Å²) in [6.45, 7) is 0.719. The molecule has 0 N–H and O–H groups in total. The molecule has 0 unspecified atom stereocenters. The second kappa shape index (κ2) is 12.8. The minimum atomic E-state index is -5.12. The number of hydrogen-bond donors (Lipinski definition) is 0. The zero-order valence-corrected chi connectivity index (χ0v) is 22.3. The van der Waals surface area contributed by atoms with Gasteiger partial charge in [-0.2, -0.15) is 8.78 Å². The highest BCUT2D eigenvalue weighted by Gasteiger charge is 2.35. The predicted molar refractivity (Wildman–Crippen MR) is 135 cm³/mol. The molecule has 1 saturated carbocycles. The molecule has 0 bridgehead atoms. The molecule has 4 rings (SSSR count). The minimum Gasteiger partial charge on any atom is -0.431 e. The molecule has 1 aliphatic carbocycles. The molecule has 0 radical (unpaired) electrons. The summed E-state index contributed by atoms with van der Waals surface area (Å²) in [5, 5.41) is 0. The Balaban J connectivity index is 1.31. The molecular formula is C30H27F9O3. The van der Waals surface area contributed by atoms with E-state index in [1.165, 1.54) is 0 Å². The molecule has 0 atom stereocenters. The largest absolute Gasteiger partial charge is 0.573 e. The van der Waals surface area contributed by atoms with Crippen molar-refractivity contribution in [2.75, 3.05) is 6.61 Å². The van der Waals surface area contributed by atoms with Gasteiger partial charge in [-0.15, -0.1) is 13.2 Å². The van der Waals surface area contributed by atoms with Crippen molar-refractivity contribution in [2.24, 2.45) is 0 Å². The van der Waals surface area contributed by atoms with E-state index >= 15 is 0 Å². The van der Waals surface area contributed by atoms with E-state index in [4.69, 9.17) is 4.74 Å². The van der Waals surface area contributed by atoms with E-state index in [1.54, 1.807) is 12.1 Å². The first-order valence-electron chi connectivity index (χ1n) is 13.3. The molecule has 3 nitrogen and oxygen atoms in total. The van der Waals surface area contributed by atoms with Gasteiger partial charge in [-0.25, -0.2) is 17.6 Å². The van der Waals surface area contributed by atoms with Crippen LogP contribution < -0.4 is 9.47 Å². The average Bonchev–Trinajstić information content (AvgIpc) is 2.91. The first kappa shape index (κ1) is 31.5. The Morgan fingerprint density at radius 2 is 1.48 bits per heavy atom. The second-order valence-electron chi connectivity index (χ2n) is 10.1. The van der Waals surface area contributed by atoms with Crippen molar-refractivity contribution in [3.05, 3.63) is 82.9 Å². The maximum atomic E-state index is 14.6. The van der Waals surface area contributed by atoms with Crippen LogP contribution >= 0.6 is 0 Å². The Hall–Kier alpha value is -3.41. The van der Waals surface area contributed by atoms with Gasteiger partial charge in [0.05, 0.1) is 6.10 Å². The van der Waals surface area contributed by atoms with Crippen molar-refractivity contribution >= 4 is 0 Å². The Morgan fingerprint density at radius 3 is 2.10 bits per heavy atom. The Labute approximate surface area is 236 Å². The summed E-state index contributed by atoms with van der Waals surface area (Å²) < 4.78 is 137. The van der Waals surface area contributed by atoms with E-state index in [2.05, 4.69) is 9.47 Å². The lowest BCUT2D eigenvalue weighted by molar-refractivity contribution is -0.275. The fraction of sp³-hybridized carbons (Fsp3) is 0.400. The third-order valence-electron chi connectivity index (χ3n) is 6.99. The summed E-state index contributed by atoms with van der Waals surface area (Å²) in [6, 6.07) is 8.05. The Morgan fingerprint density at radius 1 is 0.762 bits per heavy atom. The van der Waals surface area contributed by atoms with Gasteiger partial charge in [-0.1, -0.05) is 31.5 Å². The van der Waals surface area contributed by atoms with Crippen molar-refractivity contribution in [1.29, 1.82) is 0 Å². The SMILES string of the molecule is CCCc1ccc(C2CCC(OCC(F)(F)Oc3ccc(-c4ccc(OC(F)(F)F)c(F)c4)c(F)c3)CC2)c(F)c1F. The highest BCUT2D eigenvalue weighted by atomic mass is 19.4. The Bertz CT molecular complexity index is 1380. The number of aryl methyl sites for hydroxylation is 1. The molecule has 3 aromatic rings. The normalized spacial score (nSPS) is 17.8. The molecule has 3 aromatic carbocycles. The van der Waals surface area contributed by atoms with Crippen LogP contribution in [-0.2, 0) is 11.2 Å². The van der Waals surface area contributed by atoms with Gasteiger partial charge in [-0.3, -0.25) is 0 Å². The van der Waals surface area contributed by atoms with Gasteiger partial charge >= 0.3 is 12.5 Å². The second-order valence-corrected chi connectivity index (χ2v) is 10.1. The maximum Gasteiger partial charge on any atom is 0.573 e. The number of benzene rings is 3. The van der Waals surface area contributed by atoms with E-state index < -0.39 is 59.9 Å². The first-order chi connectivity index (χ1) is 19.8. The molecule has 228 valence electrons. The number of hydrogen-bond acceptors (Lipinski definition) is 3. The zero-order valence-electron chi connectivity index (χ0n) is 22.3. The van der Waals surface area contributed by atoms with Gasteiger partial charge in [0.2, 0.25) is 0 Å². The summed E-state index contributed by atoms with van der Waals surface area (Å²) in [5.74, 6) is -6.15. The van der Waals surface area contributed by atoms with Crippen LogP contribution in [0, 0.1) is 23.3 Å². The number of alkyl halides is 5. The molecule has 0 saturated heterocycles. The lowest BCUT2D eigenvalue weighted by Crippen LogP contribution is -2.34. The van der Waals surface area contributed by atoms with Gasteiger partial charge in [0.25, 0.3) is 0 Å². The van der Waals surface area contributed by atoms with E-state index in [0.29, 0.717) is 62.3 Å². The van der Waals surface area contributed by atoms with Crippen LogP contribution in [0.25, 0.3) is 11.1 Å². The summed E-state index contributed by atoms with van der Waals surface area (Å²) in [6.07, 6.45) is -6.93. The molecular weight excluding hydrogens is 579 g/mol. The average molecular weight is 607 g/mol. The van der Waals surface area contributed by atoms with E-state index in [-0.39, 0.29) is 22.6 Å². The van der Waals surface area contributed by atoms with Crippen molar-refractivity contribution in [3.8, 4) is 22.6 Å². The molecule has 0 aromatic heterocycles. The van der Waals surface area contributed by atoms with Crippen LogP contribution in [0.3, 0.4) is 0 Å². The smallest absolute Gasteiger partial charge is 0.431 e. The van der Waals surface area contributed by atoms with Gasteiger partial charge in [0.15, 0.2) is 29.8 Å². The van der Waals surface area contributed by atoms with E-state index in [0.717, 1.165) is 18.2 Å². The topological polar surface area (TPSA) is 27.7 Å². The van der Waals surface area contributed by atoms with Crippen molar-refractivity contribution < 1.29 is 53.7 Å². The highest BCUT2D eigenvalue weighted by Crippen LogP contribution is 2.38. The predicted octanol–water partition coefficient (Wildman–Crippen LogP) is 9.48. The monoisotopic (exact) mass is 606 g/mol. The fourth-order valence-corrected chi connectivity index (χ4v) is 5.01. The lowest BCUT2D eigenvalue weighted by Gasteiger charge is -2.30. The van der Waals surface area contributed by atoms with Crippen molar-refractivity contribution in [1.82, 2.24) is 0 Å². The molecule has 0 aliphatic heterocycles. The molecule has 0 amide bonds. The third-order valence-corrected chi connectivity index (χ3v) is 6.99. The quantitative estimate of drug-likeness (QED) is 0.215. The van der Waals surface area contributed by atoms with Crippen LogP contribution in [0.1, 0.15) is 56.1 Å². The van der Waals surface area contributed by atoms with Crippen molar-refractivity contribution in [3.63, 3.8) is 0 Å². The number of rotatable bonds is 10. The summed E-state index contributed by atoms with van der Waals surface area (Å²) >= 11 is 0. The molecule has 1 aliphatic rings. The molecule has 0 spiro atoms. The summed E-state index contributed by atoms with van der Waals surface area (Å²) in [7, 11) is 0. The minimum absolute atomic E-state index is 0.156. The molecule has 12 heteroatoms. The van der Waals surface area contributed by atoms with Crippen LogP contribution in [0.15, 0.2) is 48.5 Å². The van der Waals surface area contributed by atoms with Gasteiger partial charge in [0.1, 0.15) is 11.6 Å². The molecule has 1 fully saturated rings. The lowest BCUT2D eigenvalue weighted by atomic mass is 9.82. The highest BCUT2D eigenvalue weighted by molar-refractivity contribution is 5.66. The third kappa shape index (κ3) is 7.90. The number of ether oxygens (including phenoxy) is 3. The summed E-state index contributed by atoms with van der Waals surface area (Å²) in [4.78, 5) is 0. The first-order valence-corrected chi connectivity index (χ1v) is 13.3. The van der Waals surface area contributed by atoms with Crippen LogP contribution in [-0.4, -0.2) is 25.2 Å². The molecule has 0 heterocycles. The van der Waals surface area contributed by atoms with Crippen LogP contribution in [0.2, 0.25) is 0 Å². The number of halogens is 9. The van der Waals surface area contributed by atoms with Gasteiger partial charge in [0, 0.05) is 11.6 Å².